The van der Waals surface area contributed by atoms with Crippen LogP contribution in [0.3, 0.4) is 0 Å². The van der Waals surface area contributed by atoms with E-state index in [0.29, 0.717) is 29.0 Å². The van der Waals surface area contributed by atoms with E-state index in [4.69, 9.17) is 9.47 Å². The van der Waals surface area contributed by atoms with E-state index >= 15 is 0 Å². The fourth-order valence-electron chi connectivity index (χ4n) is 3.94. The number of Topliss-reactive ketones (excluding diaryl/α,β-unsaturated/α-hetero) is 1. The van der Waals surface area contributed by atoms with Crippen LogP contribution in [-0.2, 0) is 4.79 Å². The molecule has 0 aromatic heterocycles. The van der Waals surface area contributed by atoms with Crippen LogP contribution in [0.25, 0.3) is 6.08 Å². The van der Waals surface area contributed by atoms with Crippen LogP contribution < -0.4 is 9.47 Å². The van der Waals surface area contributed by atoms with E-state index in [1.807, 2.05) is 39.8 Å². The van der Waals surface area contributed by atoms with Crippen LogP contribution in [0, 0.1) is 5.92 Å². The first kappa shape index (κ1) is 20.2. The molecule has 2 aliphatic rings. The minimum absolute atomic E-state index is 0.138. The van der Waals surface area contributed by atoms with Gasteiger partial charge in [-0.05, 0) is 39.3 Å². The molecule has 0 aliphatic carbocycles. The normalized spacial score (nSPS) is 23.2. The highest BCUT2D eigenvalue weighted by molar-refractivity contribution is 6.06. The number of benzene rings is 1. The molecule has 0 spiro atoms. The van der Waals surface area contributed by atoms with Crippen LogP contribution >= 0.6 is 0 Å². The molecule has 2 heterocycles. The van der Waals surface area contributed by atoms with Gasteiger partial charge in [0.2, 0.25) is 0 Å². The number of rotatable bonds is 5. The number of aliphatic carboxylic acids is 1. The van der Waals surface area contributed by atoms with Gasteiger partial charge in [0.1, 0.15) is 34.5 Å². The highest BCUT2D eigenvalue weighted by atomic mass is 16.5. The van der Waals surface area contributed by atoms with Crippen molar-refractivity contribution in [3.63, 3.8) is 0 Å². The van der Waals surface area contributed by atoms with Crippen LogP contribution in [0.5, 0.6) is 17.2 Å². The predicted octanol–water partition coefficient (Wildman–Crippen LogP) is 4.53. The number of phenols is 1. The average Bonchev–Trinajstić information content (AvgIpc) is 2.58. The fraction of sp³-hybridized carbons (Fsp3) is 0.545. The molecule has 6 heteroatoms. The Morgan fingerprint density at radius 3 is 2.57 bits per heavy atom. The Balaban J connectivity index is 2.32. The molecule has 152 valence electrons. The molecule has 0 unspecified atom stereocenters. The first-order valence-corrected chi connectivity index (χ1v) is 9.81. The van der Waals surface area contributed by atoms with Gasteiger partial charge in [0, 0.05) is 11.5 Å². The highest BCUT2D eigenvalue weighted by Gasteiger charge is 2.41. The summed E-state index contributed by atoms with van der Waals surface area (Å²) in [7, 11) is 0. The summed E-state index contributed by atoms with van der Waals surface area (Å²) < 4.78 is 12.2. The third-order valence-corrected chi connectivity index (χ3v) is 5.60. The topological polar surface area (TPSA) is 93.1 Å². The molecule has 0 bridgehead atoms. The van der Waals surface area contributed by atoms with E-state index in [1.54, 1.807) is 6.92 Å². The van der Waals surface area contributed by atoms with Gasteiger partial charge in [0.25, 0.3) is 0 Å². The summed E-state index contributed by atoms with van der Waals surface area (Å²) in [4.78, 5) is 24.5. The summed E-state index contributed by atoms with van der Waals surface area (Å²) in [5.74, 6) is -1.49. The lowest BCUT2D eigenvalue weighted by atomic mass is 9.81. The lowest BCUT2D eigenvalue weighted by molar-refractivity contribution is -0.137. The first-order chi connectivity index (χ1) is 13.1. The van der Waals surface area contributed by atoms with Crippen LogP contribution in [0.1, 0.15) is 81.3 Å². The summed E-state index contributed by atoms with van der Waals surface area (Å²) in [5.41, 5.74) is 0.508. The Morgan fingerprint density at radius 1 is 1.29 bits per heavy atom. The van der Waals surface area contributed by atoms with E-state index in [1.165, 1.54) is 0 Å². The number of carbonyl (C=O) groups is 2. The number of fused-ring (bicyclic) bond motifs is 3. The maximum atomic E-state index is 13.0. The van der Waals surface area contributed by atoms with Crippen molar-refractivity contribution in [1.82, 2.24) is 0 Å². The van der Waals surface area contributed by atoms with Gasteiger partial charge in [-0.15, -0.1) is 0 Å². The highest BCUT2D eigenvalue weighted by Crippen LogP contribution is 2.53. The molecular weight excluding hydrogens is 360 g/mol. The lowest BCUT2D eigenvalue weighted by Gasteiger charge is -2.36. The summed E-state index contributed by atoms with van der Waals surface area (Å²) in [6.45, 7) is 9.32. The first-order valence-electron chi connectivity index (χ1n) is 9.81. The van der Waals surface area contributed by atoms with E-state index in [-0.39, 0.29) is 29.6 Å². The quantitative estimate of drug-likeness (QED) is 0.769. The Kier molecular flexibility index (Phi) is 5.17. The number of phenolic OH excluding ortho intramolecular Hbond substituents is 1. The molecule has 28 heavy (non-hydrogen) atoms. The standard InChI is InChI=1S/C22H28O6/c1-6-7-13(10-15(23)24)16-19(26)17-18(25)11(2)12(3)27-20(17)14-8-9-22(4,5)28-21(14)16/h8-9,11-13,26H,6-7,10H2,1-5H3,(H,23,24)/t11-,12+,13-/m0/s1. The number of aromatic hydroxyl groups is 1. The van der Waals surface area contributed by atoms with Crippen molar-refractivity contribution in [1.29, 1.82) is 0 Å². The Bertz CT molecular complexity index is 851. The number of hydrogen-bond donors (Lipinski definition) is 2. The van der Waals surface area contributed by atoms with Crippen LogP contribution in [0.4, 0.5) is 0 Å². The van der Waals surface area contributed by atoms with Crippen LogP contribution in [0.2, 0.25) is 0 Å². The second-order valence-corrected chi connectivity index (χ2v) is 8.31. The van der Waals surface area contributed by atoms with E-state index in [9.17, 15) is 19.8 Å². The molecule has 0 fully saturated rings. The van der Waals surface area contributed by atoms with Crippen molar-refractivity contribution < 1.29 is 29.3 Å². The number of carbonyl (C=O) groups excluding carboxylic acids is 1. The van der Waals surface area contributed by atoms with Crippen molar-refractivity contribution >= 4 is 17.8 Å². The van der Waals surface area contributed by atoms with Crippen molar-refractivity contribution in [3.8, 4) is 17.2 Å². The minimum Gasteiger partial charge on any atom is -0.507 e. The largest absolute Gasteiger partial charge is 0.507 e. The Hall–Kier alpha value is -2.50. The summed E-state index contributed by atoms with van der Waals surface area (Å²) in [6.07, 6.45) is 4.53. The number of hydrogen-bond acceptors (Lipinski definition) is 5. The van der Waals surface area contributed by atoms with E-state index < -0.39 is 23.4 Å². The van der Waals surface area contributed by atoms with Gasteiger partial charge in [-0.3, -0.25) is 9.59 Å². The number of ether oxygens (including phenoxy) is 2. The second-order valence-electron chi connectivity index (χ2n) is 8.31. The van der Waals surface area contributed by atoms with Gasteiger partial charge >= 0.3 is 5.97 Å². The molecule has 3 atom stereocenters. The summed E-state index contributed by atoms with van der Waals surface area (Å²) in [5, 5.41) is 20.6. The molecule has 6 nitrogen and oxygen atoms in total. The monoisotopic (exact) mass is 388 g/mol. The average molecular weight is 388 g/mol. The molecule has 0 saturated carbocycles. The molecule has 0 radical (unpaired) electrons. The zero-order chi connectivity index (χ0) is 20.8. The molecule has 3 rings (SSSR count). The van der Waals surface area contributed by atoms with Gasteiger partial charge in [0.15, 0.2) is 5.78 Å². The van der Waals surface area contributed by atoms with E-state index in [0.717, 1.165) is 6.42 Å². The van der Waals surface area contributed by atoms with E-state index in [2.05, 4.69) is 0 Å². The molecule has 0 saturated heterocycles. The smallest absolute Gasteiger partial charge is 0.303 e. The Labute approximate surface area is 165 Å². The SMILES string of the molecule is CCC[C@@H](CC(=O)O)c1c(O)c2c(c3c1OC(C)(C)C=C3)O[C@H](C)[C@H](C)C2=O. The fourth-order valence-corrected chi connectivity index (χ4v) is 3.94. The Morgan fingerprint density at radius 2 is 1.96 bits per heavy atom. The predicted molar refractivity (Wildman–Crippen MR) is 105 cm³/mol. The van der Waals surface area contributed by atoms with Crippen molar-refractivity contribution in [2.24, 2.45) is 5.92 Å². The van der Waals surface area contributed by atoms with Gasteiger partial charge < -0.3 is 19.7 Å². The number of ketones is 1. The van der Waals surface area contributed by atoms with Gasteiger partial charge in [0.05, 0.1) is 17.9 Å². The third kappa shape index (κ3) is 3.36. The maximum absolute atomic E-state index is 13.0. The van der Waals surface area contributed by atoms with Crippen LogP contribution in [-0.4, -0.2) is 33.7 Å². The molecule has 1 aromatic carbocycles. The lowest BCUT2D eigenvalue weighted by Crippen LogP contribution is -2.35. The molecule has 2 N–H and O–H groups in total. The maximum Gasteiger partial charge on any atom is 0.303 e. The van der Waals surface area contributed by atoms with Crippen molar-refractivity contribution in [3.05, 3.63) is 22.8 Å². The second kappa shape index (κ2) is 7.15. The summed E-state index contributed by atoms with van der Waals surface area (Å²) in [6, 6.07) is 0. The van der Waals surface area contributed by atoms with Gasteiger partial charge in [-0.2, -0.15) is 0 Å². The molecule has 2 aliphatic heterocycles. The van der Waals surface area contributed by atoms with Crippen LogP contribution in [0.15, 0.2) is 6.08 Å². The van der Waals surface area contributed by atoms with Crippen molar-refractivity contribution in [2.45, 2.75) is 71.5 Å². The minimum atomic E-state index is -0.959. The number of carboxylic acid groups (broad SMARTS) is 1. The zero-order valence-electron chi connectivity index (χ0n) is 17.0. The molecular formula is C22H28O6. The summed E-state index contributed by atoms with van der Waals surface area (Å²) >= 11 is 0. The number of carboxylic acids is 1. The van der Waals surface area contributed by atoms with Gasteiger partial charge in [-0.25, -0.2) is 0 Å². The molecule has 1 aromatic rings. The van der Waals surface area contributed by atoms with Gasteiger partial charge in [-0.1, -0.05) is 20.3 Å². The molecule has 0 amide bonds. The zero-order valence-corrected chi connectivity index (χ0v) is 17.0. The third-order valence-electron chi connectivity index (χ3n) is 5.60. The van der Waals surface area contributed by atoms with Crippen molar-refractivity contribution in [2.75, 3.05) is 0 Å².